The van der Waals surface area contributed by atoms with Crippen LogP contribution in [0, 0.1) is 5.82 Å². The number of pyridine rings is 2. The molecule has 0 spiro atoms. The molecule has 0 bridgehead atoms. The van der Waals surface area contributed by atoms with Crippen molar-refractivity contribution in [3.05, 3.63) is 33.9 Å². The molecule has 7 nitrogen and oxygen atoms in total. The topological polar surface area (TPSA) is 87.5 Å². The SMILES string of the molecule is O=C(O)c1cn(C2CC2)c2nc(NN3CCCC3)c(F)cc2c1=O. The molecular weight excluding hydrogens is 315 g/mol. The average molecular weight is 332 g/mol. The lowest BCUT2D eigenvalue weighted by molar-refractivity contribution is 0.0695. The lowest BCUT2D eigenvalue weighted by atomic mass is 10.2. The van der Waals surface area contributed by atoms with Crippen LogP contribution in [0.2, 0.25) is 0 Å². The Morgan fingerprint density at radius 3 is 2.67 bits per heavy atom. The van der Waals surface area contributed by atoms with Crippen molar-refractivity contribution in [2.24, 2.45) is 0 Å². The summed E-state index contributed by atoms with van der Waals surface area (Å²) in [6.07, 6.45) is 5.19. The summed E-state index contributed by atoms with van der Waals surface area (Å²) >= 11 is 0. The monoisotopic (exact) mass is 332 g/mol. The summed E-state index contributed by atoms with van der Waals surface area (Å²) in [6.45, 7) is 1.62. The minimum Gasteiger partial charge on any atom is -0.477 e. The van der Waals surface area contributed by atoms with Crippen LogP contribution in [-0.2, 0) is 0 Å². The maximum atomic E-state index is 14.4. The second kappa shape index (κ2) is 5.55. The maximum absolute atomic E-state index is 14.4. The molecule has 1 aliphatic heterocycles. The molecule has 24 heavy (non-hydrogen) atoms. The quantitative estimate of drug-likeness (QED) is 0.890. The first-order chi connectivity index (χ1) is 11.5. The molecule has 8 heteroatoms. The first-order valence-electron chi connectivity index (χ1n) is 8.05. The van der Waals surface area contributed by atoms with Gasteiger partial charge >= 0.3 is 5.97 Å². The molecule has 3 heterocycles. The number of hydrazine groups is 1. The largest absolute Gasteiger partial charge is 0.477 e. The fourth-order valence-corrected chi connectivity index (χ4v) is 3.09. The first kappa shape index (κ1) is 15.1. The predicted octanol–water partition coefficient (Wildman–Crippen LogP) is 1.99. The fraction of sp³-hybridized carbons (Fsp3) is 0.438. The van der Waals surface area contributed by atoms with Gasteiger partial charge in [0.25, 0.3) is 0 Å². The van der Waals surface area contributed by atoms with Gasteiger partial charge in [-0.25, -0.2) is 19.2 Å². The van der Waals surface area contributed by atoms with Crippen molar-refractivity contribution in [2.45, 2.75) is 31.7 Å². The van der Waals surface area contributed by atoms with Gasteiger partial charge < -0.3 is 15.1 Å². The van der Waals surface area contributed by atoms with E-state index >= 15 is 0 Å². The van der Waals surface area contributed by atoms with E-state index in [1.807, 2.05) is 5.01 Å². The van der Waals surface area contributed by atoms with Crippen molar-refractivity contribution in [1.29, 1.82) is 0 Å². The molecule has 0 radical (unpaired) electrons. The Bertz CT molecular complexity index is 885. The molecule has 126 valence electrons. The third-order valence-corrected chi connectivity index (χ3v) is 4.50. The van der Waals surface area contributed by atoms with Crippen molar-refractivity contribution < 1.29 is 14.3 Å². The highest BCUT2D eigenvalue weighted by Gasteiger charge is 2.28. The van der Waals surface area contributed by atoms with Crippen LogP contribution in [0.15, 0.2) is 17.1 Å². The van der Waals surface area contributed by atoms with Crippen LogP contribution in [0.1, 0.15) is 42.1 Å². The zero-order valence-electron chi connectivity index (χ0n) is 13.0. The molecule has 0 aromatic carbocycles. The van der Waals surface area contributed by atoms with E-state index in [1.165, 1.54) is 6.20 Å². The van der Waals surface area contributed by atoms with E-state index in [9.17, 15) is 19.1 Å². The van der Waals surface area contributed by atoms with Gasteiger partial charge in [-0.05, 0) is 31.7 Å². The number of nitrogens with zero attached hydrogens (tertiary/aromatic N) is 3. The van der Waals surface area contributed by atoms with E-state index in [1.54, 1.807) is 4.57 Å². The van der Waals surface area contributed by atoms with Gasteiger partial charge in [0.15, 0.2) is 11.6 Å². The second-order valence-electron chi connectivity index (χ2n) is 6.31. The van der Waals surface area contributed by atoms with Crippen LogP contribution in [0.4, 0.5) is 10.2 Å². The van der Waals surface area contributed by atoms with Gasteiger partial charge in [0, 0.05) is 25.3 Å². The van der Waals surface area contributed by atoms with Gasteiger partial charge in [0.2, 0.25) is 5.43 Å². The van der Waals surface area contributed by atoms with Crippen molar-refractivity contribution in [3.8, 4) is 0 Å². The van der Waals surface area contributed by atoms with E-state index in [-0.39, 0.29) is 22.8 Å². The smallest absolute Gasteiger partial charge is 0.341 e. The Morgan fingerprint density at radius 1 is 1.33 bits per heavy atom. The molecule has 2 aromatic rings. The van der Waals surface area contributed by atoms with Gasteiger partial charge in [0.05, 0.1) is 5.39 Å². The van der Waals surface area contributed by atoms with Crippen molar-refractivity contribution in [3.63, 3.8) is 0 Å². The number of carboxylic acids is 1. The standard InChI is InChI=1S/C16H17FN4O3/c17-12-7-10-13(22)11(16(23)24)8-21(9-3-4-9)15(10)18-14(12)19-20-5-1-2-6-20/h7-9H,1-6H2,(H,18,19)(H,23,24). The zero-order valence-corrected chi connectivity index (χ0v) is 13.0. The van der Waals surface area contributed by atoms with Crippen LogP contribution in [0.25, 0.3) is 11.0 Å². The first-order valence-corrected chi connectivity index (χ1v) is 8.05. The molecule has 2 aliphatic rings. The lowest BCUT2D eigenvalue weighted by Crippen LogP contribution is -2.28. The van der Waals surface area contributed by atoms with E-state index in [4.69, 9.17) is 0 Å². The summed E-state index contributed by atoms with van der Waals surface area (Å²) < 4.78 is 16.1. The molecule has 0 unspecified atom stereocenters. The number of aromatic nitrogens is 2. The summed E-state index contributed by atoms with van der Waals surface area (Å²) in [4.78, 5) is 27.9. The van der Waals surface area contributed by atoms with E-state index in [0.717, 1.165) is 44.8 Å². The Balaban J connectivity index is 1.88. The number of fused-ring (bicyclic) bond motifs is 1. The normalized spacial score (nSPS) is 18.2. The molecule has 1 aliphatic carbocycles. The number of anilines is 1. The third-order valence-electron chi connectivity index (χ3n) is 4.50. The highest BCUT2D eigenvalue weighted by Crippen LogP contribution is 2.37. The minimum absolute atomic E-state index is 0.00581. The van der Waals surface area contributed by atoms with E-state index in [0.29, 0.717) is 5.65 Å². The maximum Gasteiger partial charge on any atom is 0.341 e. The number of carboxylic acid groups (broad SMARTS) is 1. The van der Waals surface area contributed by atoms with Crippen LogP contribution in [-0.4, -0.2) is 38.7 Å². The highest BCUT2D eigenvalue weighted by molar-refractivity contribution is 5.92. The second-order valence-corrected chi connectivity index (χ2v) is 6.31. The van der Waals surface area contributed by atoms with Crippen LogP contribution in [0.3, 0.4) is 0 Å². The molecule has 2 aromatic heterocycles. The molecule has 0 amide bonds. The molecule has 2 fully saturated rings. The molecule has 1 saturated carbocycles. The minimum atomic E-state index is -1.31. The number of carbonyl (C=O) groups is 1. The van der Waals surface area contributed by atoms with Crippen LogP contribution < -0.4 is 10.9 Å². The number of aromatic carboxylic acids is 1. The van der Waals surface area contributed by atoms with Gasteiger partial charge in [-0.15, -0.1) is 0 Å². The molecule has 1 saturated heterocycles. The molecule has 2 N–H and O–H groups in total. The Morgan fingerprint density at radius 2 is 2.04 bits per heavy atom. The predicted molar refractivity (Wildman–Crippen MR) is 85.6 cm³/mol. The summed E-state index contributed by atoms with van der Waals surface area (Å²) in [7, 11) is 0. The number of nitrogens with one attached hydrogen (secondary N) is 1. The zero-order chi connectivity index (χ0) is 16.8. The summed E-state index contributed by atoms with van der Waals surface area (Å²) in [5, 5.41) is 11.1. The van der Waals surface area contributed by atoms with E-state index < -0.39 is 17.2 Å². The van der Waals surface area contributed by atoms with Crippen molar-refractivity contribution >= 4 is 22.8 Å². The molecule has 4 rings (SSSR count). The third kappa shape index (κ3) is 2.52. The Kier molecular flexibility index (Phi) is 3.49. The summed E-state index contributed by atoms with van der Waals surface area (Å²) in [5.41, 5.74) is 2.24. The lowest BCUT2D eigenvalue weighted by Gasteiger charge is -2.18. The summed E-state index contributed by atoms with van der Waals surface area (Å²) in [6, 6.07) is 1.21. The average Bonchev–Trinajstić information content (AvgIpc) is 3.26. The van der Waals surface area contributed by atoms with Crippen LogP contribution in [0.5, 0.6) is 0 Å². The van der Waals surface area contributed by atoms with Gasteiger partial charge in [-0.2, -0.15) is 0 Å². The van der Waals surface area contributed by atoms with E-state index in [2.05, 4.69) is 10.4 Å². The van der Waals surface area contributed by atoms with Gasteiger partial charge in [-0.1, -0.05) is 0 Å². The van der Waals surface area contributed by atoms with Crippen molar-refractivity contribution in [1.82, 2.24) is 14.6 Å². The number of hydrogen-bond acceptors (Lipinski definition) is 5. The summed E-state index contributed by atoms with van der Waals surface area (Å²) in [5.74, 6) is -1.89. The number of hydrogen-bond donors (Lipinski definition) is 2. The fourth-order valence-electron chi connectivity index (χ4n) is 3.09. The number of rotatable bonds is 4. The molecular formula is C16H17FN4O3. The van der Waals surface area contributed by atoms with Gasteiger partial charge in [0.1, 0.15) is 11.2 Å². The Hall–Kier alpha value is -2.48. The number of halogens is 1. The van der Waals surface area contributed by atoms with Crippen LogP contribution >= 0.6 is 0 Å². The van der Waals surface area contributed by atoms with Crippen molar-refractivity contribution in [2.75, 3.05) is 18.5 Å². The van der Waals surface area contributed by atoms with Gasteiger partial charge in [-0.3, -0.25) is 4.79 Å². The molecule has 0 atom stereocenters. The highest BCUT2D eigenvalue weighted by atomic mass is 19.1. The Labute approximate surface area is 136 Å².